The maximum atomic E-state index is 12.9. The molecule has 1 amide bonds. The summed E-state index contributed by atoms with van der Waals surface area (Å²) in [7, 11) is 0. The lowest BCUT2D eigenvalue weighted by Gasteiger charge is -2.30. The van der Waals surface area contributed by atoms with Crippen LogP contribution in [-0.4, -0.2) is 38.2 Å². The fraction of sp³-hybridized carbons (Fsp3) is 0.167. The maximum absolute atomic E-state index is 12.9. The van der Waals surface area contributed by atoms with Crippen molar-refractivity contribution in [1.82, 2.24) is 14.9 Å². The van der Waals surface area contributed by atoms with E-state index in [0.29, 0.717) is 28.0 Å². The lowest BCUT2D eigenvalue weighted by molar-refractivity contribution is 0.0808. The number of nitrogens with two attached hydrogens (primary N) is 1. The predicted octanol–water partition coefficient (Wildman–Crippen LogP) is 3.54. The van der Waals surface area contributed by atoms with Crippen molar-refractivity contribution < 1.29 is 4.79 Å². The number of hydrogen-bond donors (Lipinski definition) is 1. The molecule has 1 unspecified atom stereocenters. The molecular weight excluding hydrogens is 387 g/mol. The minimum atomic E-state index is -0.467. The highest BCUT2D eigenvalue weighted by Gasteiger charge is 2.30. The highest BCUT2D eigenvalue weighted by Crippen LogP contribution is 2.28. The molecule has 9 heteroatoms. The molecule has 1 aliphatic heterocycles. The number of hydrogen-bond acceptors (Lipinski definition) is 6. The van der Waals surface area contributed by atoms with Crippen molar-refractivity contribution in [2.24, 2.45) is 15.9 Å². The van der Waals surface area contributed by atoms with Gasteiger partial charge in [0, 0.05) is 18.1 Å². The second-order valence-electron chi connectivity index (χ2n) is 5.81. The summed E-state index contributed by atoms with van der Waals surface area (Å²) in [5.41, 5.74) is 1.99. The van der Waals surface area contributed by atoms with Crippen molar-refractivity contribution in [3.63, 3.8) is 0 Å². The number of hydrazone groups is 1. The Morgan fingerprint density at radius 3 is 2.78 bits per heavy atom. The van der Waals surface area contributed by atoms with Crippen LogP contribution in [-0.2, 0) is 0 Å². The van der Waals surface area contributed by atoms with Gasteiger partial charge in [0.2, 0.25) is 5.95 Å². The van der Waals surface area contributed by atoms with E-state index in [9.17, 15) is 4.79 Å². The minimum Gasteiger partial charge on any atom is -0.323 e. The van der Waals surface area contributed by atoms with Crippen LogP contribution < -0.4 is 5.84 Å². The third-order valence-electron chi connectivity index (χ3n) is 4.03. The summed E-state index contributed by atoms with van der Waals surface area (Å²) in [6, 6.07) is 6.21. The number of aryl methyl sites for hydroxylation is 1. The van der Waals surface area contributed by atoms with E-state index in [4.69, 9.17) is 29.0 Å². The average molecular weight is 403 g/mol. The Labute approximate surface area is 166 Å². The third kappa shape index (κ3) is 3.84. The number of allylic oxidation sites excluding steroid dienone is 1. The second-order valence-corrected chi connectivity index (χ2v) is 6.60. The molecule has 0 radical (unpaired) electrons. The molecule has 1 aromatic heterocycles. The summed E-state index contributed by atoms with van der Waals surface area (Å²) >= 11 is 12.2. The van der Waals surface area contributed by atoms with Gasteiger partial charge in [-0.1, -0.05) is 29.3 Å². The van der Waals surface area contributed by atoms with Gasteiger partial charge in [-0.15, -0.1) is 0 Å². The molecule has 27 heavy (non-hydrogen) atoms. The van der Waals surface area contributed by atoms with Gasteiger partial charge in [0.25, 0.3) is 5.91 Å². The summed E-state index contributed by atoms with van der Waals surface area (Å²) in [6.07, 6.45) is 4.86. The molecule has 0 saturated heterocycles. The predicted molar refractivity (Wildman–Crippen MR) is 107 cm³/mol. The molecule has 0 spiro atoms. The van der Waals surface area contributed by atoms with Gasteiger partial charge >= 0.3 is 0 Å². The average Bonchev–Trinajstić information content (AvgIpc) is 2.64. The first kappa shape index (κ1) is 19.0. The number of nitrogens with zero attached hydrogens (tertiary/aromatic N) is 5. The van der Waals surface area contributed by atoms with Crippen LogP contribution in [0.1, 0.15) is 23.0 Å². The maximum Gasteiger partial charge on any atom is 0.259 e. The number of benzene rings is 1. The van der Waals surface area contributed by atoms with Crippen molar-refractivity contribution in [2.75, 3.05) is 0 Å². The number of aromatic nitrogens is 2. The van der Waals surface area contributed by atoms with E-state index in [0.717, 1.165) is 5.69 Å². The van der Waals surface area contributed by atoms with E-state index < -0.39 is 6.04 Å². The second kappa shape index (κ2) is 7.85. The SMILES string of the molecule is Cc1ccnc(N=C2C=CN(C(=O)c3cccc(Cl)c3Cl)C(C)C2=NN)n1. The third-order valence-corrected chi connectivity index (χ3v) is 4.85. The first-order valence-corrected chi connectivity index (χ1v) is 8.79. The van der Waals surface area contributed by atoms with Gasteiger partial charge in [-0.05, 0) is 38.1 Å². The van der Waals surface area contributed by atoms with E-state index in [2.05, 4.69) is 20.1 Å². The van der Waals surface area contributed by atoms with E-state index in [-0.39, 0.29) is 10.9 Å². The molecule has 1 aliphatic rings. The molecule has 1 atom stereocenters. The summed E-state index contributed by atoms with van der Waals surface area (Å²) in [6.45, 7) is 3.63. The van der Waals surface area contributed by atoms with Gasteiger partial charge in [-0.25, -0.2) is 15.0 Å². The minimum absolute atomic E-state index is 0.198. The van der Waals surface area contributed by atoms with Crippen LogP contribution in [0.3, 0.4) is 0 Å². The standard InChI is InChI=1S/C18H16Cl2N6O/c1-10-6-8-22-18(23-10)24-14-7-9-26(11(2)16(14)25-21)17(27)12-4-3-5-13(19)15(12)20/h3-9,11H,21H2,1-2H3. The van der Waals surface area contributed by atoms with Crippen LogP contribution in [0.15, 0.2) is 52.8 Å². The van der Waals surface area contributed by atoms with E-state index in [1.165, 1.54) is 4.90 Å². The smallest absolute Gasteiger partial charge is 0.259 e. The summed E-state index contributed by atoms with van der Waals surface area (Å²) in [5, 5.41) is 4.33. The van der Waals surface area contributed by atoms with Gasteiger partial charge in [-0.2, -0.15) is 5.10 Å². The molecule has 3 rings (SSSR count). The number of carbonyl (C=O) groups is 1. The Hall–Kier alpha value is -2.77. The lowest BCUT2D eigenvalue weighted by Crippen LogP contribution is -2.46. The fourth-order valence-electron chi connectivity index (χ4n) is 2.63. The highest BCUT2D eigenvalue weighted by molar-refractivity contribution is 6.49. The Balaban J connectivity index is 1.97. The Morgan fingerprint density at radius 2 is 2.07 bits per heavy atom. The first-order chi connectivity index (χ1) is 12.9. The topological polar surface area (TPSA) is 96.8 Å². The monoisotopic (exact) mass is 402 g/mol. The van der Waals surface area contributed by atoms with Crippen LogP contribution in [0.25, 0.3) is 0 Å². The largest absolute Gasteiger partial charge is 0.323 e. The Morgan fingerprint density at radius 1 is 1.30 bits per heavy atom. The van der Waals surface area contributed by atoms with Gasteiger partial charge in [0.1, 0.15) is 5.71 Å². The van der Waals surface area contributed by atoms with E-state index in [1.807, 2.05) is 6.92 Å². The van der Waals surface area contributed by atoms with Crippen molar-refractivity contribution in [2.45, 2.75) is 19.9 Å². The van der Waals surface area contributed by atoms with Gasteiger partial charge in [0.15, 0.2) is 0 Å². The zero-order valence-electron chi connectivity index (χ0n) is 14.6. The molecule has 7 nitrogen and oxygen atoms in total. The molecule has 0 aliphatic carbocycles. The zero-order chi connectivity index (χ0) is 19.6. The number of carbonyl (C=O) groups excluding carboxylic acids is 1. The van der Waals surface area contributed by atoms with Crippen LogP contribution in [0, 0.1) is 6.92 Å². The molecule has 2 N–H and O–H groups in total. The number of halogens is 2. The normalized spacial score (nSPS) is 19.7. The van der Waals surface area contributed by atoms with Crippen LogP contribution in [0.5, 0.6) is 0 Å². The van der Waals surface area contributed by atoms with Crippen molar-refractivity contribution >= 4 is 46.5 Å². The van der Waals surface area contributed by atoms with E-state index in [1.54, 1.807) is 49.7 Å². The Bertz CT molecular complexity index is 986. The fourth-order valence-corrected chi connectivity index (χ4v) is 3.01. The van der Waals surface area contributed by atoms with E-state index >= 15 is 0 Å². The zero-order valence-corrected chi connectivity index (χ0v) is 16.1. The van der Waals surface area contributed by atoms with Crippen molar-refractivity contribution in [3.8, 4) is 0 Å². The molecule has 2 heterocycles. The summed E-state index contributed by atoms with van der Waals surface area (Å²) in [5.74, 6) is 5.54. The van der Waals surface area contributed by atoms with Crippen LogP contribution in [0.2, 0.25) is 10.0 Å². The molecule has 1 aromatic carbocycles. The molecule has 138 valence electrons. The molecule has 0 fully saturated rings. The molecule has 0 bridgehead atoms. The van der Waals surface area contributed by atoms with Gasteiger partial charge in [-0.3, -0.25) is 4.79 Å². The number of amides is 1. The number of aliphatic imine (C=N–C) groups is 1. The van der Waals surface area contributed by atoms with Crippen molar-refractivity contribution in [1.29, 1.82) is 0 Å². The van der Waals surface area contributed by atoms with Gasteiger partial charge < -0.3 is 10.7 Å². The highest BCUT2D eigenvalue weighted by atomic mass is 35.5. The molecular formula is C18H16Cl2N6O. The molecule has 2 aromatic rings. The Kier molecular flexibility index (Phi) is 5.53. The lowest BCUT2D eigenvalue weighted by atomic mass is 10.0. The van der Waals surface area contributed by atoms with Crippen molar-refractivity contribution in [3.05, 3.63) is 64.0 Å². The van der Waals surface area contributed by atoms with Gasteiger partial charge in [0.05, 0.1) is 27.4 Å². The number of rotatable bonds is 2. The molecule has 0 saturated carbocycles. The van der Waals surface area contributed by atoms with Crippen LogP contribution in [0.4, 0.5) is 5.95 Å². The summed E-state index contributed by atoms with van der Waals surface area (Å²) in [4.78, 5) is 27.1. The first-order valence-electron chi connectivity index (χ1n) is 8.03. The van der Waals surface area contributed by atoms with Crippen LogP contribution >= 0.6 is 23.2 Å². The summed E-state index contributed by atoms with van der Waals surface area (Å²) < 4.78 is 0. The quantitative estimate of drug-likeness (QED) is 0.613.